The third kappa shape index (κ3) is 2.46. The summed E-state index contributed by atoms with van der Waals surface area (Å²) in [7, 11) is 0. The number of carboxylic acids is 1. The van der Waals surface area contributed by atoms with E-state index in [1.54, 1.807) is 0 Å². The first kappa shape index (κ1) is 13.9. The van der Waals surface area contributed by atoms with E-state index in [2.05, 4.69) is 12.1 Å². The molecule has 2 aromatic rings. The molecule has 1 aliphatic rings. The number of aliphatic carboxylic acids is 1. The zero-order valence-electron chi connectivity index (χ0n) is 12.1. The molecule has 3 rings (SSSR count). The number of carbonyl (C=O) groups is 1. The second-order valence-electron chi connectivity index (χ2n) is 5.86. The largest absolute Gasteiger partial charge is 0.481 e. The Labute approximate surface area is 125 Å². The van der Waals surface area contributed by atoms with Gasteiger partial charge in [0.15, 0.2) is 0 Å². The fourth-order valence-electron chi connectivity index (χ4n) is 3.52. The summed E-state index contributed by atoms with van der Waals surface area (Å²) in [4.78, 5) is 12.1. The zero-order chi connectivity index (χ0) is 14.7. The van der Waals surface area contributed by atoms with E-state index in [1.165, 1.54) is 0 Å². The van der Waals surface area contributed by atoms with Crippen molar-refractivity contribution in [2.75, 3.05) is 0 Å². The minimum Gasteiger partial charge on any atom is -0.481 e. The van der Waals surface area contributed by atoms with Gasteiger partial charge in [0, 0.05) is 0 Å². The summed E-state index contributed by atoms with van der Waals surface area (Å²) in [5.74, 6) is -0.675. The Morgan fingerprint density at radius 2 is 1.48 bits per heavy atom. The second kappa shape index (κ2) is 5.72. The summed E-state index contributed by atoms with van der Waals surface area (Å²) in [6, 6.07) is 18.1. The molecule has 0 unspecified atom stereocenters. The van der Waals surface area contributed by atoms with Gasteiger partial charge in [0.05, 0.1) is 5.41 Å². The van der Waals surface area contributed by atoms with Crippen molar-refractivity contribution in [2.45, 2.75) is 37.5 Å². The molecular formula is C19H20O2. The van der Waals surface area contributed by atoms with Gasteiger partial charge in [0.1, 0.15) is 0 Å². The van der Waals surface area contributed by atoms with Gasteiger partial charge in [-0.3, -0.25) is 4.79 Å². The van der Waals surface area contributed by atoms with Crippen LogP contribution >= 0.6 is 0 Å². The van der Waals surface area contributed by atoms with Crippen LogP contribution in [0, 0.1) is 0 Å². The van der Waals surface area contributed by atoms with E-state index < -0.39 is 11.4 Å². The lowest BCUT2D eigenvalue weighted by Crippen LogP contribution is -2.38. The number of rotatable bonds is 3. The topological polar surface area (TPSA) is 37.3 Å². The van der Waals surface area contributed by atoms with Crippen molar-refractivity contribution in [2.24, 2.45) is 0 Å². The molecule has 21 heavy (non-hydrogen) atoms. The van der Waals surface area contributed by atoms with Gasteiger partial charge in [-0.2, -0.15) is 0 Å². The van der Waals surface area contributed by atoms with Crippen LogP contribution in [0.3, 0.4) is 0 Å². The molecule has 0 aliphatic heterocycles. The lowest BCUT2D eigenvalue weighted by molar-refractivity contribution is -0.145. The standard InChI is InChI=1S/C19H20O2/c20-18(21)19(13-7-2-8-14-19)17-12-6-5-11-16(17)15-9-3-1-4-10-15/h1,3-6,9-12H,2,7-8,13-14H2,(H,20,21). The normalized spacial score (nSPS) is 17.3. The van der Waals surface area contributed by atoms with Crippen molar-refractivity contribution in [3.63, 3.8) is 0 Å². The fourth-order valence-corrected chi connectivity index (χ4v) is 3.52. The number of hydrogen-bond donors (Lipinski definition) is 1. The monoisotopic (exact) mass is 280 g/mol. The molecule has 0 heterocycles. The first-order valence-corrected chi connectivity index (χ1v) is 7.62. The molecule has 0 radical (unpaired) electrons. The van der Waals surface area contributed by atoms with Crippen LogP contribution < -0.4 is 0 Å². The maximum Gasteiger partial charge on any atom is 0.314 e. The molecule has 1 fully saturated rings. The van der Waals surface area contributed by atoms with Crippen molar-refractivity contribution in [3.05, 3.63) is 60.2 Å². The summed E-state index contributed by atoms with van der Waals surface area (Å²) < 4.78 is 0. The molecule has 2 heteroatoms. The summed E-state index contributed by atoms with van der Waals surface area (Å²) in [5, 5.41) is 9.91. The lowest BCUT2D eigenvalue weighted by Gasteiger charge is -2.35. The summed E-state index contributed by atoms with van der Waals surface area (Å²) in [6.45, 7) is 0. The summed E-state index contributed by atoms with van der Waals surface area (Å²) >= 11 is 0. The average molecular weight is 280 g/mol. The molecule has 0 saturated heterocycles. The van der Waals surface area contributed by atoms with Crippen molar-refractivity contribution in [3.8, 4) is 11.1 Å². The minimum absolute atomic E-state index is 0.675. The van der Waals surface area contributed by atoms with Crippen molar-refractivity contribution < 1.29 is 9.90 Å². The van der Waals surface area contributed by atoms with Crippen LogP contribution in [-0.4, -0.2) is 11.1 Å². The highest BCUT2D eigenvalue weighted by Gasteiger charge is 2.42. The van der Waals surface area contributed by atoms with Gasteiger partial charge in [-0.1, -0.05) is 73.9 Å². The Balaban J connectivity index is 2.15. The third-order valence-electron chi connectivity index (χ3n) is 4.64. The van der Waals surface area contributed by atoms with Crippen LogP contribution in [0.15, 0.2) is 54.6 Å². The Hall–Kier alpha value is -2.09. The van der Waals surface area contributed by atoms with Gasteiger partial charge in [-0.25, -0.2) is 0 Å². The van der Waals surface area contributed by atoms with E-state index in [1.807, 2.05) is 42.5 Å². The molecule has 1 N–H and O–H groups in total. The predicted octanol–water partition coefficient (Wildman–Crippen LogP) is 4.64. The molecule has 2 aromatic carbocycles. The third-order valence-corrected chi connectivity index (χ3v) is 4.64. The Kier molecular flexibility index (Phi) is 3.78. The lowest BCUT2D eigenvalue weighted by atomic mass is 9.67. The van der Waals surface area contributed by atoms with E-state index in [4.69, 9.17) is 0 Å². The van der Waals surface area contributed by atoms with E-state index >= 15 is 0 Å². The average Bonchev–Trinajstić information content (AvgIpc) is 2.56. The smallest absolute Gasteiger partial charge is 0.314 e. The predicted molar refractivity (Wildman–Crippen MR) is 84.3 cm³/mol. The van der Waals surface area contributed by atoms with E-state index in [0.717, 1.165) is 48.8 Å². The van der Waals surface area contributed by atoms with Crippen LogP contribution in [0.1, 0.15) is 37.7 Å². The second-order valence-corrected chi connectivity index (χ2v) is 5.86. The maximum atomic E-state index is 12.1. The maximum absolute atomic E-state index is 12.1. The van der Waals surface area contributed by atoms with Crippen molar-refractivity contribution in [1.82, 2.24) is 0 Å². The molecule has 108 valence electrons. The minimum atomic E-state index is -0.718. The van der Waals surface area contributed by atoms with Crippen molar-refractivity contribution >= 4 is 5.97 Å². The Bertz CT molecular complexity index is 625. The highest BCUT2D eigenvalue weighted by molar-refractivity contribution is 5.85. The quantitative estimate of drug-likeness (QED) is 0.889. The van der Waals surface area contributed by atoms with E-state index in [9.17, 15) is 9.90 Å². The molecule has 1 saturated carbocycles. The molecular weight excluding hydrogens is 260 g/mol. The highest BCUT2D eigenvalue weighted by atomic mass is 16.4. The van der Waals surface area contributed by atoms with Gasteiger partial charge in [-0.05, 0) is 29.5 Å². The number of hydrogen-bond acceptors (Lipinski definition) is 1. The highest BCUT2D eigenvalue weighted by Crippen LogP contribution is 2.43. The van der Waals surface area contributed by atoms with Crippen molar-refractivity contribution in [1.29, 1.82) is 0 Å². The number of carboxylic acid groups (broad SMARTS) is 1. The van der Waals surface area contributed by atoms with Crippen LogP contribution in [-0.2, 0) is 10.2 Å². The number of benzene rings is 2. The van der Waals surface area contributed by atoms with Crippen LogP contribution in [0.25, 0.3) is 11.1 Å². The van der Waals surface area contributed by atoms with Crippen LogP contribution in [0.5, 0.6) is 0 Å². The summed E-state index contributed by atoms with van der Waals surface area (Å²) in [5.41, 5.74) is 2.41. The van der Waals surface area contributed by atoms with Gasteiger partial charge in [0.25, 0.3) is 0 Å². The van der Waals surface area contributed by atoms with Gasteiger partial charge >= 0.3 is 5.97 Å². The molecule has 2 nitrogen and oxygen atoms in total. The van der Waals surface area contributed by atoms with Crippen LogP contribution in [0.4, 0.5) is 0 Å². The van der Waals surface area contributed by atoms with E-state index in [0.29, 0.717) is 0 Å². The SMILES string of the molecule is O=C(O)C1(c2ccccc2-c2ccccc2)CCCCC1. The molecule has 0 aromatic heterocycles. The van der Waals surface area contributed by atoms with Gasteiger partial charge in [0.2, 0.25) is 0 Å². The first-order chi connectivity index (χ1) is 10.2. The first-order valence-electron chi connectivity index (χ1n) is 7.62. The zero-order valence-corrected chi connectivity index (χ0v) is 12.1. The van der Waals surface area contributed by atoms with Gasteiger partial charge < -0.3 is 5.11 Å². The summed E-state index contributed by atoms with van der Waals surface area (Å²) in [6.07, 6.45) is 4.62. The molecule has 1 aliphatic carbocycles. The Morgan fingerprint density at radius 3 is 2.14 bits per heavy atom. The molecule has 0 spiro atoms. The Morgan fingerprint density at radius 1 is 0.857 bits per heavy atom. The molecule has 0 amide bonds. The van der Waals surface area contributed by atoms with Gasteiger partial charge in [-0.15, -0.1) is 0 Å². The van der Waals surface area contributed by atoms with E-state index in [-0.39, 0.29) is 0 Å². The molecule has 0 bridgehead atoms. The molecule has 0 atom stereocenters. The van der Waals surface area contributed by atoms with Crippen LogP contribution in [0.2, 0.25) is 0 Å². The fraction of sp³-hybridized carbons (Fsp3) is 0.316.